The van der Waals surface area contributed by atoms with Crippen LogP contribution in [0.15, 0.2) is 27.6 Å². The van der Waals surface area contributed by atoms with Crippen LogP contribution in [-0.2, 0) is 23.9 Å². The molecule has 29 heavy (non-hydrogen) atoms. The maximum atomic E-state index is 12.5. The first-order valence-electron chi connectivity index (χ1n) is 8.69. The molecule has 0 aromatic heterocycles. The van der Waals surface area contributed by atoms with Crippen LogP contribution in [0.1, 0.15) is 25.8 Å². The first-order valence-corrected chi connectivity index (χ1v) is 10.3. The van der Waals surface area contributed by atoms with Crippen molar-refractivity contribution in [3.05, 3.63) is 33.1 Å². The lowest BCUT2D eigenvalue weighted by atomic mass is 10.2. The average molecular weight is 486 g/mol. The van der Waals surface area contributed by atoms with Crippen molar-refractivity contribution in [2.24, 2.45) is 0 Å². The first-order chi connectivity index (χ1) is 13.7. The molecular weight excluding hydrogens is 466 g/mol. The molecule has 1 fully saturated rings. The van der Waals surface area contributed by atoms with Gasteiger partial charge in [0.1, 0.15) is 12.3 Å². The lowest BCUT2D eigenvalue weighted by Gasteiger charge is -2.14. The molecule has 1 aliphatic heterocycles. The summed E-state index contributed by atoms with van der Waals surface area (Å²) in [6, 6.07) is 4.97. The maximum absolute atomic E-state index is 12.5. The Balaban J connectivity index is 2.07. The number of hydrogen-bond acceptors (Lipinski definition) is 8. The largest absolute Gasteiger partial charge is 0.481 e. The molecule has 0 saturated carbocycles. The Morgan fingerprint density at radius 3 is 2.62 bits per heavy atom. The third-order valence-corrected chi connectivity index (χ3v) is 5.42. The summed E-state index contributed by atoms with van der Waals surface area (Å²) in [5.41, 5.74) is 0.634. The molecule has 1 aliphatic rings. The van der Waals surface area contributed by atoms with Gasteiger partial charge in [0.05, 0.1) is 22.6 Å². The molecule has 0 spiro atoms. The number of benzene rings is 1. The fourth-order valence-electron chi connectivity index (χ4n) is 2.18. The number of carbonyl (C=O) groups excluding carboxylic acids is 4. The molecule has 2 amide bonds. The van der Waals surface area contributed by atoms with Gasteiger partial charge in [-0.15, -0.1) is 0 Å². The minimum absolute atomic E-state index is 0.196. The standard InChI is InChI=1S/C19H20BrNO7S/c1-4-11(2)28-16(22)9-21-18(24)15(29-19(21)25)8-12-5-6-14(13(20)7-12)27-10-17(23)26-3/h5-8,11H,4,9-10H2,1-3H3/b15-8+/t11-/m1/s1. The summed E-state index contributed by atoms with van der Waals surface area (Å²) in [6.07, 6.45) is 1.90. The van der Waals surface area contributed by atoms with Crippen LogP contribution in [0.2, 0.25) is 0 Å². The van der Waals surface area contributed by atoms with E-state index >= 15 is 0 Å². The topological polar surface area (TPSA) is 99.2 Å². The minimum Gasteiger partial charge on any atom is -0.481 e. The Morgan fingerprint density at radius 1 is 1.28 bits per heavy atom. The van der Waals surface area contributed by atoms with Crippen LogP contribution in [0.5, 0.6) is 5.75 Å². The number of ether oxygens (including phenoxy) is 3. The molecule has 1 heterocycles. The highest BCUT2D eigenvalue weighted by Crippen LogP contribution is 2.33. The summed E-state index contributed by atoms with van der Waals surface area (Å²) in [7, 11) is 1.26. The molecule has 8 nitrogen and oxygen atoms in total. The number of carbonyl (C=O) groups is 4. The number of imide groups is 1. The van der Waals surface area contributed by atoms with E-state index in [4.69, 9.17) is 9.47 Å². The number of thioether (sulfide) groups is 1. The predicted molar refractivity (Wildman–Crippen MR) is 110 cm³/mol. The lowest BCUT2D eigenvalue weighted by Crippen LogP contribution is -2.35. The fraction of sp³-hybridized carbons (Fsp3) is 0.368. The van der Waals surface area contributed by atoms with Gasteiger partial charge in [-0.25, -0.2) is 4.79 Å². The molecule has 10 heteroatoms. The smallest absolute Gasteiger partial charge is 0.343 e. The van der Waals surface area contributed by atoms with Gasteiger partial charge < -0.3 is 14.2 Å². The highest BCUT2D eigenvalue weighted by Gasteiger charge is 2.36. The molecule has 0 radical (unpaired) electrons. The Bertz CT molecular complexity index is 855. The third-order valence-electron chi connectivity index (χ3n) is 3.90. The summed E-state index contributed by atoms with van der Waals surface area (Å²) in [6.45, 7) is 2.95. The Labute approximate surface area is 180 Å². The van der Waals surface area contributed by atoms with Gasteiger partial charge in [-0.1, -0.05) is 13.0 Å². The lowest BCUT2D eigenvalue weighted by molar-refractivity contribution is -0.150. The molecule has 1 aromatic carbocycles. The number of amides is 2. The van der Waals surface area contributed by atoms with E-state index in [2.05, 4.69) is 20.7 Å². The van der Waals surface area contributed by atoms with Crippen molar-refractivity contribution in [1.82, 2.24) is 4.90 Å². The molecule has 156 valence electrons. The highest BCUT2D eigenvalue weighted by molar-refractivity contribution is 9.10. The van der Waals surface area contributed by atoms with Crippen molar-refractivity contribution in [1.29, 1.82) is 0 Å². The third kappa shape index (κ3) is 6.33. The van der Waals surface area contributed by atoms with E-state index in [9.17, 15) is 19.2 Å². The minimum atomic E-state index is -0.627. The Kier molecular flexibility index (Phi) is 8.27. The van der Waals surface area contributed by atoms with Gasteiger partial charge in [0.2, 0.25) is 0 Å². The molecule has 0 bridgehead atoms. The van der Waals surface area contributed by atoms with Gasteiger partial charge >= 0.3 is 11.9 Å². The van der Waals surface area contributed by atoms with Gasteiger partial charge in [0.25, 0.3) is 11.1 Å². The first kappa shape index (κ1) is 23.0. The van der Waals surface area contributed by atoms with E-state index in [1.54, 1.807) is 31.2 Å². The monoisotopic (exact) mass is 485 g/mol. The van der Waals surface area contributed by atoms with Gasteiger partial charge in [-0.2, -0.15) is 0 Å². The van der Waals surface area contributed by atoms with Crippen molar-refractivity contribution in [2.75, 3.05) is 20.3 Å². The molecular formula is C19H20BrNO7S. The van der Waals surface area contributed by atoms with Gasteiger partial charge in [0, 0.05) is 0 Å². The number of hydrogen-bond donors (Lipinski definition) is 0. The summed E-state index contributed by atoms with van der Waals surface area (Å²) >= 11 is 4.09. The Morgan fingerprint density at radius 2 is 2.00 bits per heavy atom. The second-order valence-corrected chi connectivity index (χ2v) is 7.88. The van der Waals surface area contributed by atoms with Crippen molar-refractivity contribution in [3.63, 3.8) is 0 Å². The molecule has 1 saturated heterocycles. The van der Waals surface area contributed by atoms with Crippen LogP contribution in [0.3, 0.4) is 0 Å². The zero-order valence-electron chi connectivity index (χ0n) is 16.1. The molecule has 0 unspecified atom stereocenters. The summed E-state index contributed by atoms with van der Waals surface area (Å²) in [4.78, 5) is 48.7. The number of nitrogens with zero attached hydrogens (tertiary/aromatic N) is 1. The maximum Gasteiger partial charge on any atom is 0.343 e. The molecule has 0 N–H and O–H groups in total. The van der Waals surface area contributed by atoms with E-state index in [0.29, 0.717) is 22.2 Å². The van der Waals surface area contributed by atoms with Crippen LogP contribution in [-0.4, -0.2) is 54.4 Å². The van der Waals surface area contributed by atoms with Crippen LogP contribution >= 0.6 is 27.7 Å². The van der Waals surface area contributed by atoms with Gasteiger partial charge in [-0.05, 0) is 64.8 Å². The second kappa shape index (κ2) is 10.4. The van der Waals surface area contributed by atoms with Crippen LogP contribution in [0.25, 0.3) is 6.08 Å². The van der Waals surface area contributed by atoms with Crippen molar-refractivity contribution >= 4 is 56.9 Å². The molecule has 1 aromatic rings. The molecule has 2 rings (SSSR count). The van der Waals surface area contributed by atoms with Crippen LogP contribution < -0.4 is 4.74 Å². The highest BCUT2D eigenvalue weighted by atomic mass is 79.9. The number of rotatable bonds is 8. The van der Waals surface area contributed by atoms with Crippen molar-refractivity contribution < 1.29 is 33.4 Å². The van der Waals surface area contributed by atoms with Gasteiger partial charge in [-0.3, -0.25) is 19.3 Å². The van der Waals surface area contributed by atoms with Crippen LogP contribution in [0, 0.1) is 0 Å². The van der Waals surface area contributed by atoms with E-state index in [1.165, 1.54) is 7.11 Å². The van der Waals surface area contributed by atoms with Crippen LogP contribution in [0.4, 0.5) is 4.79 Å². The predicted octanol–water partition coefficient (Wildman–Crippen LogP) is 3.38. The summed E-state index contributed by atoms with van der Waals surface area (Å²) in [5, 5.41) is -0.528. The number of methoxy groups -OCH3 is 1. The number of esters is 2. The normalized spacial score (nSPS) is 16.1. The summed E-state index contributed by atoms with van der Waals surface area (Å²) < 4.78 is 15.5. The fourth-order valence-corrected chi connectivity index (χ4v) is 3.53. The quantitative estimate of drug-likeness (QED) is 0.408. The second-order valence-electron chi connectivity index (χ2n) is 6.03. The SMILES string of the molecule is CC[C@@H](C)OC(=O)CN1C(=O)S/C(=C/c2ccc(OCC(=O)OC)c(Br)c2)C1=O. The van der Waals surface area contributed by atoms with E-state index in [-0.39, 0.29) is 17.6 Å². The van der Waals surface area contributed by atoms with E-state index in [1.807, 2.05) is 6.92 Å². The van der Waals surface area contributed by atoms with E-state index < -0.39 is 29.6 Å². The zero-order valence-corrected chi connectivity index (χ0v) is 18.5. The van der Waals surface area contributed by atoms with E-state index in [0.717, 1.165) is 16.7 Å². The summed E-state index contributed by atoms with van der Waals surface area (Å²) in [5.74, 6) is -1.27. The van der Waals surface area contributed by atoms with Crippen molar-refractivity contribution in [2.45, 2.75) is 26.4 Å². The van der Waals surface area contributed by atoms with Gasteiger partial charge in [0.15, 0.2) is 6.61 Å². The number of halogens is 1. The van der Waals surface area contributed by atoms with Crippen molar-refractivity contribution in [3.8, 4) is 5.75 Å². The zero-order chi connectivity index (χ0) is 21.6. The molecule has 1 atom stereocenters. The molecule has 0 aliphatic carbocycles. The average Bonchev–Trinajstić information content (AvgIpc) is 2.94. The Hall–Kier alpha value is -2.33.